The maximum atomic E-state index is 11.1. The molecule has 5 nitrogen and oxygen atoms in total. The highest BCUT2D eigenvalue weighted by molar-refractivity contribution is 7.92. The van der Waals surface area contributed by atoms with Crippen LogP contribution in [0.5, 0.6) is 0 Å². The van der Waals surface area contributed by atoms with Gasteiger partial charge in [-0.15, -0.1) is 11.3 Å². The number of nitrogens with zero attached hydrogens (tertiary/aromatic N) is 2. The topological polar surface area (TPSA) is 62.3 Å². The van der Waals surface area contributed by atoms with Gasteiger partial charge in [0, 0.05) is 30.7 Å². The summed E-state index contributed by atoms with van der Waals surface area (Å²) in [6, 6.07) is 7.15. The fraction of sp³-hybridized carbons (Fsp3) is 0.250. The molecule has 0 spiro atoms. The van der Waals surface area contributed by atoms with Crippen molar-refractivity contribution in [1.82, 2.24) is 4.98 Å². The van der Waals surface area contributed by atoms with E-state index in [1.165, 1.54) is 0 Å². The maximum absolute atomic E-state index is 11.1. The number of hydrogen-bond acceptors (Lipinski definition) is 5. The molecule has 0 amide bonds. The Labute approximate surface area is 117 Å². The second kappa shape index (κ2) is 5.18. The molecule has 2 aromatic rings. The van der Waals surface area contributed by atoms with E-state index in [9.17, 15) is 8.42 Å². The van der Waals surface area contributed by atoms with E-state index < -0.39 is 10.0 Å². The third-order valence-electron chi connectivity index (χ3n) is 2.36. The molecule has 0 aliphatic rings. The molecule has 102 valence electrons. The number of sulfonamides is 1. The summed E-state index contributed by atoms with van der Waals surface area (Å²) >= 11 is 1.57. The maximum Gasteiger partial charge on any atom is 0.229 e. The van der Waals surface area contributed by atoms with Crippen LogP contribution in [0, 0.1) is 0 Å². The van der Waals surface area contributed by atoms with Crippen LogP contribution in [0.25, 0.3) is 11.3 Å². The van der Waals surface area contributed by atoms with Crippen LogP contribution < -0.4 is 9.62 Å². The van der Waals surface area contributed by atoms with Crippen LogP contribution in [-0.2, 0) is 10.0 Å². The van der Waals surface area contributed by atoms with Crippen molar-refractivity contribution in [2.45, 2.75) is 0 Å². The van der Waals surface area contributed by atoms with Gasteiger partial charge < -0.3 is 4.90 Å². The quantitative estimate of drug-likeness (QED) is 0.940. The fourth-order valence-electron chi connectivity index (χ4n) is 1.53. The lowest BCUT2D eigenvalue weighted by Gasteiger charge is -2.06. The molecule has 1 N–H and O–H groups in total. The molecule has 1 aromatic carbocycles. The van der Waals surface area contributed by atoms with Crippen molar-refractivity contribution >= 4 is 32.2 Å². The van der Waals surface area contributed by atoms with Gasteiger partial charge in [0.05, 0.1) is 11.9 Å². The number of aromatic nitrogens is 1. The molecule has 0 saturated heterocycles. The minimum absolute atomic E-state index is 0.550. The number of nitrogens with one attached hydrogen (secondary N) is 1. The van der Waals surface area contributed by atoms with Crippen LogP contribution in [0.15, 0.2) is 29.6 Å². The molecule has 1 aromatic heterocycles. The highest BCUT2D eigenvalue weighted by Crippen LogP contribution is 2.27. The Morgan fingerprint density at radius 3 is 2.32 bits per heavy atom. The Morgan fingerprint density at radius 2 is 1.84 bits per heavy atom. The van der Waals surface area contributed by atoms with E-state index in [0.717, 1.165) is 22.6 Å². The smallest absolute Gasteiger partial charge is 0.229 e. The first-order chi connectivity index (χ1) is 8.85. The number of hydrogen-bond donors (Lipinski definition) is 1. The average molecular weight is 297 g/mol. The third kappa shape index (κ3) is 3.68. The summed E-state index contributed by atoms with van der Waals surface area (Å²) < 4.78 is 24.6. The summed E-state index contributed by atoms with van der Waals surface area (Å²) in [6.07, 6.45) is 1.13. The average Bonchev–Trinajstić information content (AvgIpc) is 2.77. The highest BCUT2D eigenvalue weighted by atomic mass is 32.2. The van der Waals surface area contributed by atoms with Gasteiger partial charge in [-0.05, 0) is 12.1 Å². The van der Waals surface area contributed by atoms with E-state index in [0.29, 0.717) is 5.69 Å². The summed E-state index contributed by atoms with van der Waals surface area (Å²) in [5, 5.41) is 2.92. The van der Waals surface area contributed by atoms with Crippen LogP contribution in [0.4, 0.5) is 10.8 Å². The van der Waals surface area contributed by atoms with E-state index in [-0.39, 0.29) is 0 Å². The van der Waals surface area contributed by atoms with Gasteiger partial charge in [0.1, 0.15) is 0 Å². The Kier molecular flexibility index (Phi) is 3.77. The van der Waals surface area contributed by atoms with E-state index in [1.54, 1.807) is 23.5 Å². The number of benzene rings is 1. The van der Waals surface area contributed by atoms with Crippen LogP contribution in [-0.4, -0.2) is 33.8 Å². The molecular formula is C12H15N3O2S2. The van der Waals surface area contributed by atoms with Crippen LogP contribution in [0.2, 0.25) is 0 Å². The lowest BCUT2D eigenvalue weighted by molar-refractivity contribution is 0.607. The summed E-state index contributed by atoms with van der Waals surface area (Å²) in [5.74, 6) is 0. The summed E-state index contributed by atoms with van der Waals surface area (Å²) in [7, 11) is 0.660. The zero-order valence-electron chi connectivity index (χ0n) is 10.9. The van der Waals surface area contributed by atoms with Gasteiger partial charge in [-0.3, -0.25) is 4.72 Å². The molecule has 0 atom stereocenters. The fourth-order valence-corrected chi connectivity index (χ4v) is 2.86. The molecule has 0 radical (unpaired) electrons. The molecule has 0 saturated carbocycles. The Hall–Kier alpha value is -1.60. The van der Waals surface area contributed by atoms with Crippen molar-refractivity contribution in [3.8, 4) is 11.3 Å². The molecule has 1 heterocycles. The first-order valence-electron chi connectivity index (χ1n) is 5.56. The van der Waals surface area contributed by atoms with Gasteiger partial charge in [-0.25, -0.2) is 13.4 Å². The summed E-state index contributed by atoms with van der Waals surface area (Å²) in [4.78, 5) is 6.44. The van der Waals surface area contributed by atoms with Crippen molar-refractivity contribution in [1.29, 1.82) is 0 Å². The molecule has 0 aliphatic heterocycles. The predicted octanol–water partition coefficient (Wildman–Crippen LogP) is 2.25. The van der Waals surface area contributed by atoms with Crippen molar-refractivity contribution in [3.05, 3.63) is 29.6 Å². The monoisotopic (exact) mass is 297 g/mol. The predicted molar refractivity (Wildman–Crippen MR) is 80.3 cm³/mol. The van der Waals surface area contributed by atoms with Gasteiger partial charge >= 0.3 is 0 Å². The Morgan fingerprint density at radius 1 is 1.21 bits per heavy atom. The SMILES string of the molecule is CN(C)c1nc(-c2ccc(NS(C)(=O)=O)cc2)cs1. The third-order valence-corrected chi connectivity index (χ3v) is 3.97. The first-order valence-corrected chi connectivity index (χ1v) is 8.33. The Balaban J connectivity index is 2.22. The van der Waals surface area contributed by atoms with Crippen LogP contribution in [0.3, 0.4) is 0 Å². The van der Waals surface area contributed by atoms with Crippen LogP contribution in [0.1, 0.15) is 0 Å². The molecule has 7 heteroatoms. The van der Waals surface area contributed by atoms with Gasteiger partial charge in [0.2, 0.25) is 10.0 Å². The lowest BCUT2D eigenvalue weighted by Crippen LogP contribution is -2.09. The first kappa shape index (κ1) is 13.8. The number of anilines is 2. The molecule has 0 bridgehead atoms. The summed E-state index contributed by atoms with van der Waals surface area (Å²) in [5.41, 5.74) is 2.40. The molecule has 0 fully saturated rings. The standard InChI is InChI=1S/C12H15N3O2S2/c1-15(2)12-13-11(8-18-12)9-4-6-10(7-5-9)14-19(3,16)17/h4-8,14H,1-3H3. The lowest BCUT2D eigenvalue weighted by atomic mass is 10.1. The molecule has 0 unspecified atom stereocenters. The minimum Gasteiger partial charge on any atom is -0.354 e. The summed E-state index contributed by atoms with van der Waals surface area (Å²) in [6.45, 7) is 0. The number of rotatable bonds is 4. The zero-order valence-corrected chi connectivity index (χ0v) is 12.5. The van der Waals surface area contributed by atoms with Gasteiger partial charge in [-0.1, -0.05) is 12.1 Å². The van der Waals surface area contributed by atoms with E-state index >= 15 is 0 Å². The minimum atomic E-state index is -3.23. The van der Waals surface area contributed by atoms with Crippen molar-refractivity contribution < 1.29 is 8.42 Å². The van der Waals surface area contributed by atoms with Gasteiger partial charge in [0.15, 0.2) is 5.13 Å². The van der Waals surface area contributed by atoms with E-state index in [1.807, 2.05) is 36.5 Å². The second-order valence-electron chi connectivity index (χ2n) is 4.36. The highest BCUT2D eigenvalue weighted by Gasteiger charge is 2.07. The molecular weight excluding hydrogens is 282 g/mol. The van der Waals surface area contributed by atoms with E-state index in [2.05, 4.69) is 9.71 Å². The van der Waals surface area contributed by atoms with Crippen molar-refractivity contribution in [3.63, 3.8) is 0 Å². The van der Waals surface area contributed by atoms with Crippen molar-refractivity contribution in [2.24, 2.45) is 0 Å². The zero-order chi connectivity index (χ0) is 14.0. The molecule has 2 rings (SSSR count). The molecule has 19 heavy (non-hydrogen) atoms. The van der Waals surface area contributed by atoms with Crippen LogP contribution >= 0.6 is 11.3 Å². The number of thiazole rings is 1. The largest absolute Gasteiger partial charge is 0.354 e. The van der Waals surface area contributed by atoms with Gasteiger partial charge in [0.25, 0.3) is 0 Å². The normalized spacial score (nSPS) is 11.3. The second-order valence-corrected chi connectivity index (χ2v) is 6.95. The van der Waals surface area contributed by atoms with Gasteiger partial charge in [-0.2, -0.15) is 0 Å². The Bertz CT molecular complexity index is 661. The van der Waals surface area contributed by atoms with E-state index in [4.69, 9.17) is 0 Å². The van der Waals surface area contributed by atoms with Crippen molar-refractivity contribution in [2.75, 3.05) is 30.0 Å². The molecule has 0 aliphatic carbocycles.